The van der Waals surface area contributed by atoms with Crippen LogP contribution < -0.4 is 10.9 Å². The second-order valence-electron chi connectivity index (χ2n) is 6.51. The molecule has 2 rings (SSSR count). The van der Waals surface area contributed by atoms with Gasteiger partial charge in [0.25, 0.3) is 5.56 Å². The SMILES string of the molecule is CN=C(NCCCCn1c(C)cccc1=O)N1CCC(C)CC1.I. The molecule has 0 radical (unpaired) electrons. The highest BCUT2D eigenvalue weighted by atomic mass is 127. The van der Waals surface area contributed by atoms with Crippen molar-refractivity contribution < 1.29 is 0 Å². The largest absolute Gasteiger partial charge is 0.356 e. The van der Waals surface area contributed by atoms with Crippen LogP contribution in [-0.2, 0) is 6.54 Å². The number of nitrogens with zero attached hydrogens (tertiary/aromatic N) is 3. The monoisotopic (exact) mass is 446 g/mol. The third kappa shape index (κ3) is 6.11. The van der Waals surface area contributed by atoms with Gasteiger partial charge in [-0.2, -0.15) is 0 Å². The van der Waals surface area contributed by atoms with Crippen LogP contribution in [0.15, 0.2) is 28.0 Å². The molecule has 1 saturated heterocycles. The molecule has 1 aromatic rings. The minimum absolute atomic E-state index is 0. The summed E-state index contributed by atoms with van der Waals surface area (Å²) in [7, 11) is 1.85. The van der Waals surface area contributed by atoms with Gasteiger partial charge in [-0.1, -0.05) is 13.0 Å². The Bertz CT molecular complexity index is 577. The third-order valence-corrected chi connectivity index (χ3v) is 4.65. The van der Waals surface area contributed by atoms with Crippen LogP contribution in [0.5, 0.6) is 0 Å². The Morgan fingerprint density at radius 1 is 1.29 bits per heavy atom. The van der Waals surface area contributed by atoms with Crippen molar-refractivity contribution in [2.75, 3.05) is 26.7 Å². The van der Waals surface area contributed by atoms with Gasteiger partial charge in [0.05, 0.1) is 0 Å². The number of unbranched alkanes of at least 4 members (excludes halogenated alkanes) is 1. The number of aryl methyl sites for hydroxylation is 1. The molecule has 0 bridgehead atoms. The zero-order valence-corrected chi connectivity index (χ0v) is 17.5. The molecule has 2 heterocycles. The van der Waals surface area contributed by atoms with Gasteiger partial charge in [-0.15, -0.1) is 24.0 Å². The molecule has 0 atom stereocenters. The summed E-state index contributed by atoms with van der Waals surface area (Å²) in [6, 6.07) is 5.43. The van der Waals surface area contributed by atoms with E-state index in [-0.39, 0.29) is 29.5 Å². The van der Waals surface area contributed by atoms with E-state index in [0.717, 1.165) is 56.6 Å². The first-order valence-electron chi connectivity index (χ1n) is 8.74. The zero-order valence-electron chi connectivity index (χ0n) is 15.1. The number of nitrogens with one attached hydrogen (secondary N) is 1. The molecule has 0 amide bonds. The summed E-state index contributed by atoms with van der Waals surface area (Å²) in [4.78, 5) is 18.6. The Balaban J connectivity index is 0.00000288. The minimum Gasteiger partial charge on any atom is -0.356 e. The minimum atomic E-state index is 0. The molecule has 136 valence electrons. The fraction of sp³-hybridized carbons (Fsp3) is 0.667. The molecule has 1 fully saturated rings. The van der Waals surface area contributed by atoms with Crippen LogP contribution in [0.4, 0.5) is 0 Å². The Hall–Kier alpha value is -1.05. The summed E-state index contributed by atoms with van der Waals surface area (Å²) in [6.45, 7) is 8.19. The molecule has 24 heavy (non-hydrogen) atoms. The Morgan fingerprint density at radius 3 is 2.62 bits per heavy atom. The summed E-state index contributed by atoms with van der Waals surface area (Å²) in [6.07, 6.45) is 4.52. The van der Waals surface area contributed by atoms with E-state index < -0.39 is 0 Å². The van der Waals surface area contributed by atoms with Gasteiger partial charge < -0.3 is 14.8 Å². The standard InChI is InChI=1S/C18H30N4O.HI/c1-15-9-13-21(14-10-15)18(19-3)20-11-4-5-12-22-16(2)7-6-8-17(22)23;/h6-8,15H,4-5,9-14H2,1-3H3,(H,19,20);1H. The molecule has 5 nitrogen and oxygen atoms in total. The number of likely N-dealkylation sites (tertiary alicyclic amines) is 1. The van der Waals surface area contributed by atoms with Gasteiger partial charge in [-0.3, -0.25) is 9.79 Å². The average Bonchev–Trinajstić information content (AvgIpc) is 2.54. The van der Waals surface area contributed by atoms with E-state index >= 15 is 0 Å². The van der Waals surface area contributed by atoms with Crippen molar-refractivity contribution in [1.82, 2.24) is 14.8 Å². The third-order valence-electron chi connectivity index (χ3n) is 4.65. The van der Waals surface area contributed by atoms with Gasteiger partial charge in [0.2, 0.25) is 0 Å². The van der Waals surface area contributed by atoms with Crippen molar-refractivity contribution in [1.29, 1.82) is 0 Å². The van der Waals surface area contributed by atoms with Crippen LogP contribution in [0.3, 0.4) is 0 Å². The number of rotatable bonds is 5. The van der Waals surface area contributed by atoms with E-state index in [4.69, 9.17) is 0 Å². The Labute approximate surface area is 162 Å². The molecular formula is C18H31IN4O. The lowest BCUT2D eigenvalue weighted by atomic mass is 10.00. The lowest BCUT2D eigenvalue weighted by Crippen LogP contribution is -2.45. The fourth-order valence-corrected chi connectivity index (χ4v) is 3.06. The van der Waals surface area contributed by atoms with Crippen molar-refractivity contribution in [2.24, 2.45) is 10.9 Å². The average molecular weight is 446 g/mol. The molecule has 0 aromatic carbocycles. The first kappa shape index (κ1) is 21.0. The highest BCUT2D eigenvalue weighted by Crippen LogP contribution is 2.15. The van der Waals surface area contributed by atoms with E-state index in [0.29, 0.717) is 0 Å². The summed E-state index contributed by atoms with van der Waals surface area (Å²) >= 11 is 0. The quantitative estimate of drug-likeness (QED) is 0.328. The maximum atomic E-state index is 11.8. The number of halogens is 1. The smallest absolute Gasteiger partial charge is 0.250 e. The molecule has 0 aliphatic carbocycles. The van der Waals surface area contributed by atoms with Gasteiger partial charge in [0.1, 0.15) is 0 Å². The topological polar surface area (TPSA) is 49.6 Å². The van der Waals surface area contributed by atoms with Crippen LogP contribution >= 0.6 is 24.0 Å². The zero-order chi connectivity index (χ0) is 16.7. The number of aliphatic imine (C=N–C) groups is 1. The normalized spacial score (nSPS) is 16.0. The maximum Gasteiger partial charge on any atom is 0.250 e. The number of pyridine rings is 1. The Morgan fingerprint density at radius 2 is 2.00 bits per heavy atom. The predicted molar refractivity (Wildman–Crippen MR) is 111 cm³/mol. The number of guanidine groups is 1. The first-order chi connectivity index (χ1) is 11.1. The van der Waals surface area contributed by atoms with E-state index in [1.165, 1.54) is 12.8 Å². The predicted octanol–water partition coefficient (Wildman–Crippen LogP) is 2.86. The second-order valence-corrected chi connectivity index (χ2v) is 6.51. The summed E-state index contributed by atoms with van der Waals surface area (Å²) in [5.74, 6) is 1.85. The van der Waals surface area contributed by atoms with Crippen LogP contribution in [0.1, 0.15) is 38.3 Å². The van der Waals surface area contributed by atoms with E-state index in [1.807, 2.05) is 30.7 Å². The first-order valence-corrected chi connectivity index (χ1v) is 8.74. The molecule has 6 heteroatoms. The van der Waals surface area contributed by atoms with Gasteiger partial charge in [-0.25, -0.2) is 0 Å². The van der Waals surface area contributed by atoms with E-state index in [9.17, 15) is 4.79 Å². The number of aromatic nitrogens is 1. The lowest BCUT2D eigenvalue weighted by molar-refractivity contribution is 0.273. The van der Waals surface area contributed by atoms with Crippen molar-refractivity contribution >= 4 is 29.9 Å². The Kier molecular flexibility index (Phi) is 9.39. The van der Waals surface area contributed by atoms with Crippen molar-refractivity contribution in [3.05, 3.63) is 34.2 Å². The molecule has 0 unspecified atom stereocenters. The maximum absolute atomic E-state index is 11.8. The molecule has 0 saturated carbocycles. The van der Waals surface area contributed by atoms with Crippen LogP contribution in [0.2, 0.25) is 0 Å². The van der Waals surface area contributed by atoms with Crippen molar-refractivity contribution in [2.45, 2.75) is 46.1 Å². The van der Waals surface area contributed by atoms with Gasteiger partial charge >= 0.3 is 0 Å². The lowest BCUT2D eigenvalue weighted by Gasteiger charge is -2.32. The highest BCUT2D eigenvalue weighted by Gasteiger charge is 2.18. The van der Waals surface area contributed by atoms with Crippen molar-refractivity contribution in [3.63, 3.8) is 0 Å². The molecule has 0 spiro atoms. The molecule has 1 aliphatic heterocycles. The fourth-order valence-electron chi connectivity index (χ4n) is 3.06. The van der Waals surface area contributed by atoms with Gasteiger partial charge in [-0.05, 0) is 44.6 Å². The highest BCUT2D eigenvalue weighted by molar-refractivity contribution is 14.0. The second kappa shape index (κ2) is 10.7. The van der Waals surface area contributed by atoms with Crippen molar-refractivity contribution in [3.8, 4) is 0 Å². The molecule has 1 N–H and O–H groups in total. The number of hydrogen-bond donors (Lipinski definition) is 1. The van der Waals surface area contributed by atoms with E-state index in [1.54, 1.807) is 6.07 Å². The number of hydrogen-bond acceptors (Lipinski definition) is 2. The summed E-state index contributed by atoms with van der Waals surface area (Å²) in [5, 5.41) is 3.46. The van der Waals surface area contributed by atoms with Crippen LogP contribution in [0.25, 0.3) is 0 Å². The number of piperidine rings is 1. The summed E-state index contributed by atoms with van der Waals surface area (Å²) in [5.41, 5.74) is 1.12. The van der Waals surface area contributed by atoms with Crippen LogP contribution in [0, 0.1) is 12.8 Å². The van der Waals surface area contributed by atoms with E-state index in [2.05, 4.69) is 22.1 Å². The van der Waals surface area contributed by atoms with Gasteiger partial charge in [0.15, 0.2) is 5.96 Å². The van der Waals surface area contributed by atoms with Crippen LogP contribution in [-0.4, -0.2) is 42.1 Å². The van der Waals surface area contributed by atoms with Gasteiger partial charge in [0, 0.05) is 45.0 Å². The summed E-state index contributed by atoms with van der Waals surface area (Å²) < 4.78 is 1.85. The molecule has 1 aliphatic rings. The molecule has 1 aromatic heterocycles. The molecular weight excluding hydrogens is 415 g/mol.